The minimum absolute atomic E-state index is 0.000820. The van der Waals surface area contributed by atoms with Crippen LogP contribution in [0.3, 0.4) is 0 Å². The molecule has 4 rings (SSSR count). The highest BCUT2D eigenvalue weighted by atomic mass is 19.1. The lowest BCUT2D eigenvalue weighted by molar-refractivity contribution is 0.0747. The number of benzene rings is 2. The van der Waals surface area contributed by atoms with E-state index in [1.54, 1.807) is 11.0 Å². The Labute approximate surface area is 162 Å². The van der Waals surface area contributed by atoms with Gasteiger partial charge in [0.15, 0.2) is 0 Å². The third-order valence-electron chi connectivity index (χ3n) is 5.29. The van der Waals surface area contributed by atoms with E-state index < -0.39 is 11.6 Å². The Morgan fingerprint density at radius 3 is 2.32 bits per heavy atom. The van der Waals surface area contributed by atoms with Crippen LogP contribution in [0.1, 0.15) is 22.8 Å². The van der Waals surface area contributed by atoms with Crippen molar-refractivity contribution in [3.05, 3.63) is 71.4 Å². The molecule has 1 amide bonds. The molecule has 3 aromatic rings. The SMILES string of the molecule is CCc1ccc(C(=O)N2CCN(c3ccnc4c(F)ccc(F)c34)CC2)cc1. The number of aromatic nitrogens is 1. The second-order valence-electron chi connectivity index (χ2n) is 6.91. The molecule has 1 saturated heterocycles. The number of rotatable bonds is 3. The van der Waals surface area contributed by atoms with Crippen molar-refractivity contribution in [2.75, 3.05) is 31.1 Å². The Balaban J connectivity index is 1.52. The molecule has 1 aliphatic heterocycles. The number of amides is 1. The Kier molecular flexibility index (Phi) is 4.94. The Bertz CT molecular complexity index is 1010. The van der Waals surface area contributed by atoms with Gasteiger partial charge in [-0.15, -0.1) is 0 Å². The fourth-order valence-electron chi connectivity index (χ4n) is 3.66. The first-order valence-corrected chi connectivity index (χ1v) is 9.44. The summed E-state index contributed by atoms with van der Waals surface area (Å²) in [5.74, 6) is -1.03. The van der Waals surface area contributed by atoms with Gasteiger partial charge in [0.2, 0.25) is 0 Å². The smallest absolute Gasteiger partial charge is 0.253 e. The molecule has 1 aliphatic rings. The van der Waals surface area contributed by atoms with E-state index in [0.29, 0.717) is 37.4 Å². The molecule has 0 N–H and O–H groups in total. The van der Waals surface area contributed by atoms with Crippen LogP contribution >= 0.6 is 0 Å². The molecule has 144 valence electrons. The van der Waals surface area contributed by atoms with Crippen molar-refractivity contribution >= 4 is 22.5 Å². The number of halogens is 2. The highest BCUT2D eigenvalue weighted by Crippen LogP contribution is 2.30. The predicted octanol–water partition coefficient (Wildman–Crippen LogP) is 4.04. The summed E-state index contributed by atoms with van der Waals surface area (Å²) in [4.78, 5) is 20.5. The van der Waals surface area contributed by atoms with Crippen molar-refractivity contribution in [1.82, 2.24) is 9.88 Å². The second-order valence-corrected chi connectivity index (χ2v) is 6.91. The van der Waals surface area contributed by atoms with Gasteiger partial charge in [-0.25, -0.2) is 8.78 Å². The molecule has 2 heterocycles. The van der Waals surface area contributed by atoms with Crippen molar-refractivity contribution in [1.29, 1.82) is 0 Å². The fraction of sp³-hybridized carbons (Fsp3) is 0.273. The van der Waals surface area contributed by atoms with Gasteiger partial charge in [-0.05, 0) is 42.3 Å². The van der Waals surface area contributed by atoms with Crippen LogP contribution < -0.4 is 4.90 Å². The number of pyridine rings is 1. The monoisotopic (exact) mass is 381 g/mol. The molecule has 0 saturated carbocycles. The third-order valence-corrected chi connectivity index (χ3v) is 5.29. The van der Waals surface area contributed by atoms with E-state index in [2.05, 4.69) is 11.9 Å². The van der Waals surface area contributed by atoms with Crippen molar-refractivity contribution in [3.63, 3.8) is 0 Å². The molecule has 2 aromatic carbocycles. The van der Waals surface area contributed by atoms with E-state index in [-0.39, 0.29) is 16.8 Å². The number of anilines is 1. The standard InChI is InChI=1S/C22H21F2N3O/c1-2-15-3-5-16(6-4-15)22(28)27-13-11-26(12-14-27)19-9-10-25-21-18(24)8-7-17(23)20(19)21/h3-10H,2,11-14H2,1H3. The van der Waals surface area contributed by atoms with E-state index in [4.69, 9.17) is 0 Å². The average molecular weight is 381 g/mol. The predicted molar refractivity (Wildman–Crippen MR) is 106 cm³/mol. The normalized spacial score (nSPS) is 14.5. The molecule has 0 radical (unpaired) electrons. The number of hydrogen-bond donors (Lipinski definition) is 0. The van der Waals surface area contributed by atoms with E-state index in [1.165, 1.54) is 11.8 Å². The van der Waals surface area contributed by atoms with Crippen molar-refractivity contribution in [3.8, 4) is 0 Å². The maximum absolute atomic E-state index is 14.4. The van der Waals surface area contributed by atoms with Gasteiger partial charge in [-0.1, -0.05) is 19.1 Å². The van der Waals surface area contributed by atoms with Gasteiger partial charge in [0.1, 0.15) is 17.2 Å². The Morgan fingerprint density at radius 1 is 0.964 bits per heavy atom. The van der Waals surface area contributed by atoms with Crippen molar-refractivity contribution < 1.29 is 13.6 Å². The van der Waals surface area contributed by atoms with Crippen LogP contribution in [0.5, 0.6) is 0 Å². The first-order chi connectivity index (χ1) is 13.6. The second kappa shape index (κ2) is 7.54. The molecular formula is C22H21F2N3O. The number of fused-ring (bicyclic) bond motifs is 1. The van der Waals surface area contributed by atoms with Gasteiger partial charge in [-0.2, -0.15) is 0 Å². The quantitative estimate of drug-likeness (QED) is 0.687. The van der Waals surface area contributed by atoms with Crippen LogP contribution in [0.2, 0.25) is 0 Å². The lowest BCUT2D eigenvalue weighted by Gasteiger charge is -2.36. The molecule has 1 fully saturated rings. The van der Waals surface area contributed by atoms with Gasteiger partial charge in [-0.3, -0.25) is 9.78 Å². The first-order valence-electron chi connectivity index (χ1n) is 9.44. The molecule has 1 aromatic heterocycles. The van der Waals surface area contributed by atoms with Crippen LogP contribution in [0.4, 0.5) is 14.5 Å². The summed E-state index contributed by atoms with van der Waals surface area (Å²) in [6.07, 6.45) is 2.43. The van der Waals surface area contributed by atoms with Gasteiger partial charge in [0.25, 0.3) is 5.91 Å². The van der Waals surface area contributed by atoms with Crippen molar-refractivity contribution in [2.45, 2.75) is 13.3 Å². The number of aryl methyl sites for hydroxylation is 1. The summed E-state index contributed by atoms with van der Waals surface area (Å²) in [5, 5.41) is 0.192. The van der Waals surface area contributed by atoms with Crippen LogP contribution in [-0.4, -0.2) is 42.0 Å². The minimum atomic E-state index is -0.539. The maximum Gasteiger partial charge on any atom is 0.253 e. The zero-order chi connectivity index (χ0) is 19.7. The fourth-order valence-corrected chi connectivity index (χ4v) is 3.66. The van der Waals surface area contributed by atoms with Crippen LogP contribution in [-0.2, 0) is 6.42 Å². The summed E-state index contributed by atoms with van der Waals surface area (Å²) in [7, 11) is 0. The molecule has 6 heteroatoms. The topological polar surface area (TPSA) is 36.4 Å². The van der Waals surface area contributed by atoms with Crippen molar-refractivity contribution in [2.24, 2.45) is 0 Å². The van der Waals surface area contributed by atoms with E-state index in [9.17, 15) is 13.6 Å². The summed E-state index contributed by atoms with van der Waals surface area (Å²) in [6.45, 7) is 4.22. The van der Waals surface area contributed by atoms with E-state index in [0.717, 1.165) is 18.6 Å². The largest absolute Gasteiger partial charge is 0.367 e. The highest BCUT2D eigenvalue weighted by Gasteiger charge is 2.24. The van der Waals surface area contributed by atoms with Gasteiger partial charge < -0.3 is 9.80 Å². The number of hydrogen-bond acceptors (Lipinski definition) is 3. The molecule has 0 atom stereocenters. The zero-order valence-corrected chi connectivity index (χ0v) is 15.7. The van der Waals surface area contributed by atoms with Crippen LogP contribution in [0.15, 0.2) is 48.7 Å². The molecular weight excluding hydrogens is 360 g/mol. The molecule has 0 aliphatic carbocycles. The average Bonchev–Trinajstić information content (AvgIpc) is 2.76. The van der Waals surface area contributed by atoms with Gasteiger partial charge >= 0.3 is 0 Å². The number of carbonyl (C=O) groups is 1. The van der Waals surface area contributed by atoms with Gasteiger partial charge in [0.05, 0.1) is 11.1 Å². The first kappa shape index (κ1) is 18.3. The molecule has 0 bridgehead atoms. The van der Waals surface area contributed by atoms with E-state index >= 15 is 0 Å². The lowest BCUT2D eigenvalue weighted by Crippen LogP contribution is -2.48. The van der Waals surface area contributed by atoms with Gasteiger partial charge in [0, 0.05) is 37.9 Å². The zero-order valence-electron chi connectivity index (χ0n) is 15.7. The van der Waals surface area contributed by atoms with Crippen LogP contribution in [0, 0.1) is 11.6 Å². The summed E-state index contributed by atoms with van der Waals surface area (Å²) in [6, 6.07) is 11.6. The third kappa shape index (κ3) is 3.30. The number of nitrogens with zero attached hydrogens (tertiary/aromatic N) is 3. The Morgan fingerprint density at radius 2 is 1.64 bits per heavy atom. The highest BCUT2D eigenvalue weighted by molar-refractivity contribution is 5.95. The van der Waals surface area contributed by atoms with Crippen LogP contribution in [0.25, 0.3) is 10.9 Å². The lowest BCUT2D eigenvalue weighted by atomic mass is 10.1. The summed E-state index contributed by atoms with van der Waals surface area (Å²) >= 11 is 0. The maximum atomic E-state index is 14.4. The molecule has 4 nitrogen and oxygen atoms in total. The Hall–Kier alpha value is -3.02. The molecule has 0 unspecified atom stereocenters. The van der Waals surface area contributed by atoms with E-state index in [1.807, 2.05) is 29.2 Å². The minimum Gasteiger partial charge on any atom is -0.367 e. The summed E-state index contributed by atoms with van der Waals surface area (Å²) < 4.78 is 28.4. The molecule has 28 heavy (non-hydrogen) atoms. The summed E-state index contributed by atoms with van der Waals surface area (Å²) in [5.41, 5.74) is 2.52. The molecule has 0 spiro atoms. The number of carbonyl (C=O) groups excluding carboxylic acids is 1. The number of piperazine rings is 1.